The first-order valence-electron chi connectivity index (χ1n) is 10.1. The summed E-state index contributed by atoms with van der Waals surface area (Å²) < 4.78 is 16.6. The number of hydrogen-bond acceptors (Lipinski definition) is 7. The Morgan fingerprint density at radius 1 is 1.16 bits per heavy atom. The van der Waals surface area contributed by atoms with Gasteiger partial charge in [0.2, 0.25) is 0 Å². The summed E-state index contributed by atoms with van der Waals surface area (Å²) in [5.74, 6) is -0.283. The summed E-state index contributed by atoms with van der Waals surface area (Å²) in [6, 6.07) is 11.8. The zero-order valence-corrected chi connectivity index (χ0v) is 17.3. The standard InChI is InChI=1S/C22H22N4O6/c1-30-14-8-6-13(7-9-14)10-31-12-18-19(24-25-23)20(27)17(11-32-18)26-21(28)15-4-2-3-5-16(15)22(26)29/h2-9,17-20,27H,10-12H2,1H3/t17?,18?,19-,20+/m0/s1. The minimum atomic E-state index is -1.29. The zero-order chi connectivity index (χ0) is 22.7. The van der Waals surface area contributed by atoms with Crippen molar-refractivity contribution in [3.05, 3.63) is 75.7 Å². The second-order valence-corrected chi connectivity index (χ2v) is 7.51. The number of carbonyl (C=O) groups excluding carboxylic acids is 2. The van der Waals surface area contributed by atoms with E-state index >= 15 is 0 Å². The van der Waals surface area contributed by atoms with Crippen molar-refractivity contribution in [2.45, 2.75) is 30.9 Å². The SMILES string of the molecule is COc1ccc(COCC2OCC(N3C(=O)c4ccccc4C3=O)[C@@H](O)[C@H]2N=[N+]=[N-])cc1. The molecule has 2 heterocycles. The Hall–Kier alpha value is -3.43. The summed E-state index contributed by atoms with van der Waals surface area (Å²) in [6.45, 7) is 0.243. The number of hydrogen-bond donors (Lipinski definition) is 1. The lowest BCUT2D eigenvalue weighted by molar-refractivity contribution is -0.122. The van der Waals surface area contributed by atoms with Crippen LogP contribution in [0.15, 0.2) is 53.6 Å². The summed E-state index contributed by atoms with van der Waals surface area (Å²) in [5, 5.41) is 14.6. The molecule has 2 aromatic rings. The van der Waals surface area contributed by atoms with Crippen LogP contribution in [0.4, 0.5) is 0 Å². The number of aliphatic hydroxyl groups excluding tert-OH is 1. The maximum Gasteiger partial charge on any atom is 0.261 e. The molecule has 0 saturated carbocycles. The van der Waals surface area contributed by atoms with Crippen LogP contribution in [0, 0.1) is 0 Å². The van der Waals surface area contributed by atoms with Crippen LogP contribution in [0.25, 0.3) is 10.4 Å². The number of ether oxygens (including phenoxy) is 3. The molecule has 1 saturated heterocycles. The van der Waals surface area contributed by atoms with Crippen molar-refractivity contribution in [3.8, 4) is 5.75 Å². The van der Waals surface area contributed by atoms with E-state index < -0.39 is 36.1 Å². The predicted molar refractivity (Wildman–Crippen MR) is 112 cm³/mol. The molecule has 1 fully saturated rings. The topological polar surface area (TPSA) is 134 Å². The molecular weight excluding hydrogens is 416 g/mol. The van der Waals surface area contributed by atoms with Crippen molar-refractivity contribution in [2.75, 3.05) is 20.3 Å². The van der Waals surface area contributed by atoms with Crippen molar-refractivity contribution in [3.63, 3.8) is 0 Å². The van der Waals surface area contributed by atoms with Gasteiger partial charge in [-0.2, -0.15) is 0 Å². The van der Waals surface area contributed by atoms with E-state index in [2.05, 4.69) is 10.0 Å². The van der Waals surface area contributed by atoms with E-state index in [-0.39, 0.29) is 30.9 Å². The highest BCUT2D eigenvalue weighted by Crippen LogP contribution is 2.30. The van der Waals surface area contributed by atoms with Gasteiger partial charge < -0.3 is 19.3 Å². The molecule has 0 aliphatic carbocycles. The molecule has 4 rings (SSSR count). The van der Waals surface area contributed by atoms with Crippen LogP contribution in [0.1, 0.15) is 26.3 Å². The van der Waals surface area contributed by atoms with Gasteiger partial charge in [-0.25, -0.2) is 0 Å². The number of amides is 2. The van der Waals surface area contributed by atoms with Gasteiger partial charge in [-0.1, -0.05) is 29.4 Å². The van der Waals surface area contributed by atoms with Gasteiger partial charge in [0, 0.05) is 4.91 Å². The Morgan fingerprint density at radius 3 is 2.41 bits per heavy atom. The summed E-state index contributed by atoms with van der Waals surface area (Å²) in [4.78, 5) is 29.3. The summed E-state index contributed by atoms with van der Waals surface area (Å²) >= 11 is 0. The minimum Gasteiger partial charge on any atom is -0.497 e. The highest BCUT2D eigenvalue weighted by Gasteiger charge is 2.48. The van der Waals surface area contributed by atoms with Gasteiger partial charge in [-0.05, 0) is 35.4 Å². The first-order chi connectivity index (χ1) is 15.5. The van der Waals surface area contributed by atoms with Gasteiger partial charge in [0.1, 0.15) is 5.75 Å². The number of benzene rings is 2. The number of fused-ring (bicyclic) bond motifs is 1. The van der Waals surface area contributed by atoms with E-state index in [1.54, 1.807) is 31.4 Å². The van der Waals surface area contributed by atoms with Crippen molar-refractivity contribution < 1.29 is 28.9 Å². The highest BCUT2D eigenvalue weighted by molar-refractivity contribution is 6.21. The lowest BCUT2D eigenvalue weighted by Gasteiger charge is -2.41. The van der Waals surface area contributed by atoms with Crippen LogP contribution in [-0.2, 0) is 16.1 Å². The van der Waals surface area contributed by atoms with Crippen molar-refractivity contribution in [2.24, 2.45) is 5.11 Å². The molecule has 166 valence electrons. The monoisotopic (exact) mass is 438 g/mol. The average Bonchev–Trinajstić information content (AvgIpc) is 3.07. The number of aliphatic hydroxyl groups is 1. The molecule has 32 heavy (non-hydrogen) atoms. The fraction of sp³-hybridized carbons (Fsp3) is 0.364. The van der Waals surface area contributed by atoms with E-state index in [0.717, 1.165) is 16.2 Å². The number of carbonyl (C=O) groups is 2. The van der Waals surface area contributed by atoms with Crippen molar-refractivity contribution in [1.29, 1.82) is 0 Å². The number of rotatable bonds is 7. The largest absolute Gasteiger partial charge is 0.497 e. The molecular formula is C22H22N4O6. The number of azide groups is 1. The molecule has 0 radical (unpaired) electrons. The third-order valence-electron chi connectivity index (χ3n) is 5.66. The van der Waals surface area contributed by atoms with E-state index in [1.165, 1.54) is 0 Å². The molecule has 10 heteroatoms. The van der Waals surface area contributed by atoms with Crippen LogP contribution in [-0.4, -0.2) is 66.4 Å². The fourth-order valence-corrected chi connectivity index (χ4v) is 3.97. The van der Waals surface area contributed by atoms with Crippen molar-refractivity contribution in [1.82, 2.24) is 4.90 Å². The second-order valence-electron chi connectivity index (χ2n) is 7.51. The predicted octanol–water partition coefficient (Wildman–Crippen LogP) is 2.32. The van der Waals surface area contributed by atoms with Crippen LogP contribution in [0.5, 0.6) is 5.75 Å². The molecule has 0 spiro atoms. The van der Waals surface area contributed by atoms with Crippen LogP contribution >= 0.6 is 0 Å². The van der Waals surface area contributed by atoms with Gasteiger partial charge in [0.05, 0.1) is 62.3 Å². The van der Waals surface area contributed by atoms with Crippen LogP contribution in [0.2, 0.25) is 0 Å². The highest BCUT2D eigenvalue weighted by atomic mass is 16.5. The second kappa shape index (κ2) is 9.37. The maximum absolute atomic E-state index is 12.8. The van der Waals surface area contributed by atoms with Gasteiger partial charge in [-0.15, -0.1) is 0 Å². The molecule has 2 aromatic carbocycles. The van der Waals surface area contributed by atoms with E-state index in [0.29, 0.717) is 0 Å². The summed E-state index contributed by atoms with van der Waals surface area (Å²) in [7, 11) is 1.59. The minimum absolute atomic E-state index is 0.0572. The first-order valence-corrected chi connectivity index (χ1v) is 10.1. The third-order valence-corrected chi connectivity index (χ3v) is 5.66. The summed E-state index contributed by atoms with van der Waals surface area (Å²) in [6.07, 6.45) is -2.03. The Labute approximate surface area is 183 Å². The van der Waals surface area contributed by atoms with E-state index in [9.17, 15) is 14.7 Å². The molecule has 2 unspecified atom stereocenters. The van der Waals surface area contributed by atoms with E-state index in [1.807, 2.05) is 24.3 Å². The fourth-order valence-electron chi connectivity index (χ4n) is 3.97. The molecule has 2 aliphatic heterocycles. The molecule has 0 aromatic heterocycles. The van der Waals surface area contributed by atoms with E-state index in [4.69, 9.17) is 19.7 Å². The number of methoxy groups -OCH3 is 1. The Morgan fingerprint density at radius 2 is 1.81 bits per heavy atom. The molecule has 2 amide bonds. The lowest BCUT2D eigenvalue weighted by atomic mass is 9.95. The van der Waals surface area contributed by atoms with Crippen LogP contribution in [0.3, 0.4) is 0 Å². The molecule has 10 nitrogen and oxygen atoms in total. The Balaban J connectivity index is 1.43. The quantitative estimate of drug-likeness (QED) is 0.305. The lowest BCUT2D eigenvalue weighted by Crippen LogP contribution is -2.60. The van der Waals surface area contributed by atoms with Crippen molar-refractivity contribution >= 4 is 11.8 Å². The number of nitrogens with zero attached hydrogens (tertiary/aromatic N) is 4. The first kappa shape index (κ1) is 21.8. The van der Waals surface area contributed by atoms with Crippen LogP contribution < -0.4 is 4.74 Å². The normalized spacial score (nSPS) is 24.8. The molecule has 4 atom stereocenters. The van der Waals surface area contributed by atoms with Gasteiger partial charge in [-0.3, -0.25) is 14.5 Å². The Kier molecular flexibility index (Phi) is 6.38. The maximum atomic E-state index is 12.8. The van der Waals surface area contributed by atoms with Gasteiger partial charge in [0.15, 0.2) is 0 Å². The third kappa shape index (κ3) is 4.04. The molecule has 2 aliphatic rings. The van der Waals surface area contributed by atoms with Gasteiger partial charge >= 0.3 is 0 Å². The average molecular weight is 438 g/mol. The molecule has 1 N–H and O–H groups in total. The summed E-state index contributed by atoms with van der Waals surface area (Å²) in [5.41, 5.74) is 10.5. The number of imide groups is 1. The Bertz CT molecular complexity index is 1020. The zero-order valence-electron chi connectivity index (χ0n) is 17.3. The molecule has 0 bridgehead atoms. The van der Waals surface area contributed by atoms with Gasteiger partial charge in [0.25, 0.3) is 11.8 Å². The smallest absolute Gasteiger partial charge is 0.261 e.